The van der Waals surface area contributed by atoms with Gasteiger partial charge in [-0.1, -0.05) is 20.8 Å². The van der Waals surface area contributed by atoms with E-state index in [-0.39, 0.29) is 90.5 Å². The molecule has 1 heterocycles. The largest absolute Gasteiger partial charge is 0.507 e. The molecule has 0 spiro atoms. The van der Waals surface area contributed by atoms with Crippen LogP contribution in [-0.4, -0.2) is 104 Å². The first-order chi connectivity index (χ1) is 26.1. The molecule has 0 aliphatic rings. The molecule has 3 atom stereocenters. The van der Waals surface area contributed by atoms with Crippen molar-refractivity contribution in [3.8, 4) is 68.7 Å². The van der Waals surface area contributed by atoms with Crippen LogP contribution < -0.4 is 14.2 Å². The fourth-order valence-electron chi connectivity index (χ4n) is 4.95. The first kappa shape index (κ1) is 42.0. The summed E-state index contributed by atoms with van der Waals surface area (Å²) in [5, 5.41) is 63.0. The van der Waals surface area contributed by atoms with Crippen LogP contribution in [0.15, 0.2) is 54.6 Å². The highest BCUT2D eigenvalue weighted by Gasteiger charge is 2.20. The zero-order chi connectivity index (χ0) is 38.9. The Kier molecular flexibility index (Phi) is 17.0. The number of ether oxygens (including phenoxy) is 6. The van der Waals surface area contributed by atoms with Gasteiger partial charge in [-0.05, 0) is 55.7 Å². The van der Waals surface area contributed by atoms with Gasteiger partial charge in [-0.2, -0.15) is 0 Å². The number of hydrogen-bond donors (Lipinski definition) is 6. The van der Waals surface area contributed by atoms with E-state index in [2.05, 4.69) is 15.0 Å². The van der Waals surface area contributed by atoms with Gasteiger partial charge < -0.3 is 59.1 Å². The first-order valence-corrected chi connectivity index (χ1v) is 18.1. The summed E-state index contributed by atoms with van der Waals surface area (Å²) >= 11 is 0. The minimum absolute atomic E-state index is 0.0315. The fraction of sp³-hybridized carbons (Fsp3) is 0.462. The molecule has 1 aromatic heterocycles. The molecule has 15 nitrogen and oxygen atoms in total. The third kappa shape index (κ3) is 13.0. The molecule has 0 bridgehead atoms. The van der Waals surface area contributed by atoms with Crippen molar-refractivity contribution in [3.63, 3.8) is 0 Å². The van der Waals surface area contributed by atoms with Crippen LogP contribution >= 0.6 is 0 Å². The molecule has 294 valence electrons. The first-order valence-electron chi connectivity index (χ1n) is 18.1. The predicted molar refractivity (Wildman–Crippen MR) is 198 cm³/mol. The molecular weight excluding hydrogens is 702 g/mol. The molecule has 3 unspecified atom stereocenters. The van der Waals surface area contributed by atoms with E-state index in [0.29, 0.717) is 37.1 Å². The molecule has 15 heteroatoms. The smallest absolute Gasteiger partial charge is 0.167 e. The summed E-state index contributed by atoms with van der Waals surface area (Å²) < 4.78 is 32.9. The van der Waals surface area contributed by atoms with E-state index in [4.69, 9.17) is 28.4 Å². The van der Waals surface area contributed by atoms with E-state index in [0.717, 1.165) is 19.3 Å². The molecule has 54 heavy (non-hydrogen) atoms. The topological polar surface area (TPSA) is 215 Å². The highest BCUT2D eigenvalue weighted by Crippen LogP contribution is 2.37. The van der Waals surface area contributed by atoms with Crippen molar-refractivity contribution in [3.05, 3.63) is 54.6 Å². The van der Waals surface area contributed by atoms with E-state index in [1.165, 1.54) is 18.2 Å². The second-order valence-electron chi connectivity index (χ2n) is 12.2. The Bertz CT molecular complexity index is 1530. The number of aliphatic hydroxyl groups is 3. The van der Waals surface area contributed by atoms with Crippen LogP contribution in [-0.2, 0) is 14.2 Å². The maximum Gasteiger partial charge on any atom is 0.167 e. The van der Waals surface area contributed by atoms with Crippen molar-refractivity contribution in [2.75, 3.05) is 39.6 Å². The monoisotopic (exact) mass is 753 g/mol. The molecular formula is C39H51N3O12. The molecule has 0 amide bonds. The van der Waals surface area contributed by atoms with Crippen LogP contribution in [0.1, 0.15) is 59.3 Å². The fourth-order valence-corrected chi connectivity index (χ4v) is 4.95. The number of phenols is 3. The lowest BCUT2D eigenvalue weighted by molar-refractivity contribution is -0.107. The Morgan fingerprint density at radius 3 is 0.963 bits per heavy atom. The van der Waals surface area contributed by atoms with Gasteiger partial charge in [0.1, 0.15) is 34.5 Å². The van der Waals surface area contributed by atoms with Crippen molar-refractivity contribution in [2.24, 2.45) is 0 Å². The lowest BCUT2D eigenvalue weighted by Crippen LogP contribution is -2.16. The number of aromatic hydroxyl groups is 3. The van der Waals surface area contributed by atoms with Crippen LogP contribution in [0.5, 0.6) is 34.5 Å². The van der Waals surface area contributed by atoms with Gasteiger partial charge >= 0.3 is 0 Å². The van der Waals surface area contributed by atoms with Gasteiger partial charge in [0.05, 0.1) is 36.5 Å². The predicted octanol–water partition coefficient (Wildman–Crippen LogP) is 5.53. The van der Waals surface area contributed by atoms with Gasteiger partial charge in [0.15, 0.2) is 36.3 Å². The molecule has 6 N–H and O–H groups in total. The summed E-state index contributed by atoms with van der Waals surface area (Å²) in [5.74, 6) is 0.465. The number of phenolic OH excluding ortho intramolecular Hbond substituents is 3. The summed E-state index contributed by atoms with van der Waals surface area (Å²) in [6, 6.07) is 13.7. The van der Waals surface area contributed by atoms with E-state index in [9.17, 15) is 30.6 Å². The Hall–Kier alpha value is -4.77. The zero-order valence-electron chi connectivity index (χ0n) is 30.9. The van der Waals surface area contributed by atoms with Crippen LogP contribution in [0.3, 0.4) is 0 Å². The van der Waals surface area contributed by atoms with Gasteiger partial charge in [0.2, 0.25) is 0 Å². The molecule has 0 saturated heterocycles. The van der Waals surface area contributed by atoms with Crippen LogP contribution in [0.25, 0.3) is 34.2 Å². The minimum atomic E-state index is -0.968. The van der Waals surface area contributed by atoms with E-state index < -0.39 is 18.9 Å². The Morgan fingerprint density at radius 2 is 0.722 bits per heavy atom. The van der Waals surface area contributed by atoms with Crippen molar-refractivity contribution in [1.82, 2.24) is 15.0 Å². The van der Waals surface area contributed by atoms with E-state index in [1.807, 2.05) is 20.8 Å². The van der Waals surface area contributed by atoms with Gasteiger partial charge in [-0.25, -0.2) is 15.0 Å². The SMILES string of the molecule is CCCOC(O)CCOc1ccc(-c2nc(-c3ccc(OCCC(O)OCCC)cc3O)nc(-c3ccc(OCCC(O)OCCC)cc3O)n2)c(O)c1. The van der Waals surface area contributed by atoms with Crippen molar-refractivity contribution in [2.45, 2.75) is 78.2 Å². The van der Waals surface area contributed by atoms with E-state index in [1.54, 1.807) is 36.4 Å². The summed E-state index contributed by atoms with van der Waals surface area (Å²) in [5.41, 5.74) is 0.639. The highest BCUT2D eigenvalue weighted by atomic mass is 16.6. The second-order valence-corrected chi connectivity index (χ2v) is 12.2. The molecule has 0 saturated carbocycles. The van der Waals surface area contributed by atoms with Crippen LogP contribution in [0.4, 0.5) is 0 Å². The molecule has 0 fully saturated rings. The van der Waals surface area contributed by atoms with Crippen LogP contribution in [0.2, 0.25) is 0 Å². The summed E-state index contributed by atoms with van der Waals surface area (Å²) in [6.07, 6.45) is 0.106. The number of aliphatic hydroxyl groups excluding tert-OH is 3. The quantitative estimate of drug-likeness (QED) is 0.0485. The Labute approximate surface area is 314 Å². The average Bonchev–Trinajstić information content (AvgIpc) is 3.15. The summed E-state index contributed by atoms with van der Waals surface area (Å²) in [4.78, 5) is 13.7. The summed E-state index contributed by atoms with van der Waals surface area (Å²) in [7, 11) is 0. The standard InChI is InChI=1S/C39H51N3O12/c1-4-16-52-34(46)13-19-49-25-7-10-28(31(43)22-25)37-40-38(29-11-8-26(23-32(29)44)50-20-14-35(47)53-17-5-2)42-39(41-37)30-12-9-27(24-33(30)45)51-21-15-36(48)54-18-6-3/h7-12,22-24,34-36,43-48H,4-6,13-21H2,1-3H3. The maximum atomic E-state index is 11.1. The number of rotatable bonds is 24. The molecule has 4 rings (SSSR count). The zero-order valence-corrected chi connectivity index (χ0v) is 30.9. The van der Waals surface area contributed by atoms with Crippen LogP contribution in [0, 0.1) is 0 Å². The van der Waals surface area contributed by atoms with Gasteiger partial charge in [0.25, 0.3) is 0 Å². The average molecular weight is 754 g/mol. The molecule has 0 aliphatic heterocycles. The third-order valence-electron chi connectivity index (χ3n) is 7.71. The minimum Gasteiger partial charge on any atom is -0.507 e. The van der Waals surface area contributed by atoms with Gasteiger partial charge in [-0.3, -0.25) is 0 Å². The lowest BCUT2D eigenvalue weighted by Gasteiger charge is -2.15. The molecule has 3 aromatic carbocycles. The van der Waals surface area contributed by atoms with Gasteiger partial charge in [-0.15, -0.1) is 0 Å². The number of aromatic nitrogens is 3. The van der Waals surface area contributed by atoms with Crippen molar-refractivity contribution < 1.29 is 59.1 Å². The number of benzene rings is 3. The Morgan fingerprint density at radius 1 is 0.444 bits per heavy atom. The summed E-state index contributed by atoms with van der Waals surface area (Å²) in [6.45, 7) is 7.53. The Balaban J connectivity index is 1.61. The van der Waals surface area contributed by atoms with Gasteiger partial charge in [0, 0.05) is 57.3 Å². The molecule has 4 aromatic rings. The second kappa shape index (κ2) is 21.8. The number of nitrogens with zero attached hydrogens (tertiary/aromatic N) is 3. The highest BCUT2D eigenvalue weighted by molar-refractivity contribution is 5.74. The molecule has 0 radical (unpaired) electrons. The van der Waals surface area contributed by atoms with Crippen molar-refractivity contribution in [1.29, 1.82) is 0 Å². The number of hydrogen-bond acceptors (Lipinski definition) is 15. The third-order valence-corrected chi connectivity index (χ3v) is 7.71. The van der Waals surface area contributed by atoms with Crippen molar-refractivity contribution >= 4 is 0 Å². The molecule has 0 aliphatic carbocycles. The lowest BCUT2D eigenvalue weighted by atomic mass is 10.1. The maximum absolute atomic E-state index is 11.1. The van der Waals surface area contributed by atoms with E-state index >= 15 is 0 Å². The normalized spacial score (nSPS) is 13.0.